The normalized spacial score (nSPS) is 14.9. The number of rotatable bonds is 5. The number of fused-ring (bicyclic) bond motifs is 1. The van der Waals surface area contributed by atoms with E-state index in [1.54, 1.807) is 12.1 Å². The lowest BCUT2D eigenvalue weighted by atomic mass is 10.5. The first-order valence-corrected chi connectivity index (χ1v) is 8.11. The molecule has 7 nitrogen and oxygen atoms in total. The first-order valence-electron chi connectivity index (χ1n) is 6.47. The molecule has 11 heteroatoms. The maximum absolute atomic E-state index is 12.8. The Morgan fingerprint density at radius 1 is 1.23 bits per heavy atom. The van der Waals surface area contributed by atoms with Crippen molar-refractivity contribution in [3.05, 3.63) is 18.0 Å². The monoisotopic (exact) mass is 341 g/mol. The first-order chi connectivity index (χ1) is 10.7. The molecule has 0 aromatic carbocycles. The molecule has 3 heterocycles. The maximum atomic E-state index is 12.8. The molecule has 3 aromatic heterocycles. The summed E-state index contributed by atoms with van der Waals surface area (Å²) in [6, 6.07) is 3.80. The van der Waals surface area contributed by atoms with E-state index < -0.39 is 12.2 Å². The maximum Gasteiger partial charge on any atom is 0.299 e. The standard InChI is InChI=1S/C11H9F2N7S2/c12-8(13)9-16-15-6-3-4-7(19-20(6)9)21-11-18-17-10(22-11)14-5-1-2-5/h3-5,8H,1-2H2,(H,14,17). The Hall–Kier alpha value is -1.88. The Labute approximate surface area is 131 Å². The van der Waals surface area contributed by atoms with E-state index in [4.69, 9.17) is 0 Å². The van der Waals surface area contributed by atoms with Gasteiger partial charge in [-0.1, -0.05) is 11.3 Å². The molecule has 4 rings (SSSR count). The minimum absolute atomic E-state index is 0.285. The third-order valence-corrected chi connectivity index (χ3v) is 4.79. The van der Waals surface area contributed by atoms with Gasteiger partial charge in [-0.05, 0) is 36.7 Å². The lowest BCUT2D eigenvalue weighted by molar-refractivity contribution is 0.137. The van der Waals surface area contributed by atoms with Crippen LogP contribution in [0.1, 0.15) is 25.1 Å². The van der Waals surface area contributed by atoms with Gasteiger partial charge in [0.25, 0.3) is 6.43 Å². The summed E-state index contributed by atoms with van der Waals surface area (Å²) in [7, 11) is 0. The van der Waals surface area contributed by atoms with Crippen LogP contribution < -0.4 is 5.32 Å². The van der Waals surface area contributed by atoms with Crippen molar-refractivity contribution in [1.82, 2.24) is 30.0 Å². The zero-order valence-corrected chi connectivity index (χ0v) is 12.6. The van der Waals surface area contributed by atoms with Crippen molar-refractivity contribution in [2.75, 3.05) is 5.32 Å². The van der Waals surface area contributed by atoms with Crippen LogP contribution >= 0.6 is 23.1 Å². The van der Waals surface area contributed by atoms with E-state index in [1.807, 2.05) is 0 Å². The highest BCUT2D eigenvalue weighted by atomic mass is 32.2. The van der Waals surface area contributed by atoms with Crippen LogP contribution in [0.25, 0.3) is 5.65 Å². The summed E-state index contributed by atoms with van der Waals surface area (Å²) < 4.78 is 27.4. The van der Waals surface area contributed by atoms with Gasteiger partial charge in [-0.15, -0.1) is 20.4 Å². The Balaban J connectivity index is 1.57. The average molecular weight is 341 g/mol. The highest BCUT2D eigenvalue weighted by Crippen LogP contribution is 2.33. The first kappa shape index (κ1) is 13.8. The Bertz CT molecular complexity index is 814. The molecule has 0 bridgehead atoms. The van der Waals surface area contributed by atoms with E-state index in [-0.39, 0.29) is 5.65 Å². The molecular formula is C11H9F2N7S2. The van der Waals surface area contributed by atoms with Crippen LogP contribution in [0.5, 0.6) is 0 Å². The second-order valence-corrected chi connectivity index (χ2v) is 6.94. The van der Waals surface area contributed by atoms with Crippen LogP contribution in [0.4, 0.5) is 13.9 Å². The average Bonchev–Trinajstić information content (AvgIpc) is 3.03. The zero-order chi connectivity index (χ0) is 15.1. The molecule has 0 unspecified atom stereocenters. The highest BCUT2D eigenvalue weighted by Gasteiger charge is 2.22. The number of alkyl halides is 2. The SMILES string of the molecule is FC(F)c1nnc2ccc(Sc3nnc(NC4CC4)s3)nn12. The van der Waals surface area contributed by atoms with E-state index in [1.165, 1.54) is 23.1 Å². The summed E-state index contributed by atoms with van der Waals surface area (Å²) in [4.78, 5) is 0. The zero-order valence-electron chi connectivity index (χ0n) is 11.0. The van der Waals surface area contributed by atoms with Crippen LogP contribution in [0, 0.1) is 0 Å². The van der Waals surface area contributed by atoms with Gasteiger partial charge in [-0.3, -0.25) is 0 Å². The summed E-state index contributed by atoms with van der Waals surface area (Å²) in [6.45, 7) is 0. The molecule has 0 atom stereocenters. The van der Waals surface area contributed by atoms with E-state index in [9.17, 15) is 8.78 Å². The predicted octanol–water partition coefficient (Wildman–Crippen LogP) is 2.64. The molecule has 0 amide bonds. The van der Waals surface area contributed by atoms with E-state index in [0.717, 1.165) is 22.5 Å². The van der Waals surface area contributed by atoms with Gasteiger partial charge in [0.15, 0.2) is 9.99 Å². The largest absolute Gasteiger partial charge is 0.357 e. The minimum atomic E-state index is -2.72. The molecule has 0 radical (unpaired) electrons. The number of aromatic nitrogens is 6. The summed E-state index contributed by atoms with van der Waals surface area (Å²) in [5.74, 6) is -0.467. The number of hydrogen-bond acceptors (Lipinski definition) is 8. The fraction of sp³-hybridized carbons (Fsp3) is 0.364. The second-order valence-electron chi connectivity index (χ2n) is 4.69. The molecular weight excluding hydrogens is 332 g/mol. The number of hydrogen-bond donors (Lipinski definition) is 1. The fourth-order valence-electron chi connectivity index (χ4n) is 1.78. The van der Waals surface area contributed by atoms with Gasteiger partial charge in [0.05, 0.1) is 0 Å². The molecule has 1 N–H and O–H groups in total. The topological polar surface area (TPSA) is 80.9 Å². The Morgan fingerprint density at radius 2 is 2.09 bits per heavy atom. The van der Waals surface area contributed by atoms with Gasteiger partial charge in [0, 0.05) is 6.04 Å². The van der Waals surface area contributed by atoms with E-state index in [0.29, 0.717) is 15.4 Å². The quantitative estimate of drug-likeness (QED) is 0.764. The highest BCUT2D eigenvalue weighted by molar-refractivity contribution is 8.01. The van der Waals surface area contributed by atoms with Crippen LogP contribution in [0.15, 0.2) is 21.5 Å². The van der Waals surface area contributed by atoms with Crippen molar-refractivity contribution in [2.24, 2.45) is 0 Å². The lowest BCUT2D eigenvalue weighted by Gasteiger charge is -2.00. The molecule has 114 valence electrons. The molecule has 0 spiro atoms. The number of anilines is 1. The second kappa shape index (κ2) is 5.39. The third-order valence-electron chi connectivity index (χ3n) is 2.96. The molecule has 1 aliphatic carbocycles. The Kier molecular flexibility index (Phi) is 3.37. The van der Waals surface area contributed by atoms with Gasteiger partial charge in [-0.25, -0.2) is 8.78 Å². The summed E-state index contributed by atoms with van der Waals surface area (Å²) in [5.41, 5.74) is 0.285. The number of nitrogens with zero attached hydrogens (tertiary/aromatic N) is 6. The van der Waals surface area contributed by atoms with Gasteiger partial charge >= 0.3 is 0 Å². The summed E-state index contributed by atoms with van der Waals surface area (Å²) in [6.07, 6.45) is -0.409. The minimum Gasteiger partial charge on any atom is -0.357 e. The molecule has 1 fully saturated rings. The van der Waals surface area contributed by atoms with Crippen molar-refractivity contribution in [2.45, 2.75) is 34.7 Å². The van der Waals surface area contributed by atoms with Crippen molar-refractivity contribution in [3.63, 3.8) is 0 Å². The molecule has 0 aliphatic heterocycles. The van der Waals surface area contributed by atoms with Gasteiger partial charge in [0.2, 0.25) is 11.0 Å². The smallest absolute Gasteiger partial charge is 0.299 e. The fourth-order valence-corrected chi connectivity index (χ4v) is 3.51. The van der Waals surface area contributed by atoms with Crippen LogP contribution in [0.2, 0.25) is 0 Å². The third kappa shape index (κ3) is 2.73. The van der Waals surface area contributed by atoms with Gasteiger partial charge in [-0.2, -0.15) is 9.61 Å². The predicted molar refractivity (Wildman–Crippen MR) is 76.4 cm³/mol. The molecule has 3 aromatic rings. The van der Waals surface area contributed by atoms with Crippen molar-refractivity contribution in [3.8, 4) is 0 Å². The number of nitrogens with one attached hydrogen (secondary N) is 1. The van der Waals surface area contributed by atoms with Gasteiger partial charge in [0.1, 0.15) is 5.03 Å². The van der Waals surface area contributed by atoms with E-state index >= 15 is 0 Å². The van der Waals surface area contributed by atoms with E-state index in [2.05, 4.69) is 30.8 Å². The molecule has 0 saturated heterocycles. The molecule has 1 aliphatic rings. The van der Waals surface area contributed by atoms with Crippen molar-refractivity contribution >= 4 is 33.9 Å². The van der Waals surface area contributed by atoms with Crippen molar-refractivity contribution < 1.29 is 8.78 Å². The molecule has 22 heavy (non-hydrogen) atoms. The lowest BCUT2D eigenvalue weighted by Crippen LogP contribution is -2.00. The Morgan fingerprint density at radius 3 is 2.86 bits per heavy atom. The van der Waals surface area contributed by atoms with Crippen molar-refractivity contribution in [1.29, 1.82) is 0 Å². The van der Waals surface area contributed by atoms with Crippen LogP contribution in [0.3, 0.4) is 0 Å². The number of halogens is 2. The summed E-state index contributed by atoms with van der Waals surface area (Å²) in [5, 5.41) is 23.9. The van der Waals surface area contributed by atoms with Gasteiger partial charge < -0.3 is 5.32 Å². The van der Waals surface area contributed by atoms with Crippen LogP contribution in [-0.4, -0.2) is 36.1 Å². The van der Waals surface area contributed by atoms with Crippen LogP contribution in [-0.2, 0) is 0 Å². The summed E-state index contributed by atoms with van der Waals surface area (Å²) >= 11 is 2.68. The molecule has 1 saturated carbocycles.